The highest BCUT2D eigenvalue weighted by molar-refractivity contribution is 7.98. The summed E-state index contributed by atoms with van der Waals surface area (Å²) in [6.45, 7) is 0. The summed E-state index contributed by atoms with van der Waals surface area (Å²) in [5.74, 6) is -2.34. The predicted molar refractivity (Wildman–Crippen MR) is 189 cm³/mol. The SMILES string of the molecule is CSCCC(NC(=O)C(N)Cc1c[nH]c2ccccc12)C(=O)NC(Cc1c[nH]c2ccccc12)C(=O)NC(Cc1ccccc1)C(=O)O. The molecule has 0 spiro atoms. The van der Waals surface area contributed by atoms with E-state index in [9.17, 15) is 24.3 Å². The summed E-state index contributed by atoms with van der Waals surface area (Å²) in [7, 11) is 0. The fraction of sp³-hybridized carbons (Fsp3) is 0.278. The number of thioether (sulfide) groups is 1. The predicted octanol–water partition coefficient (Wildman–Crippen LogP) is 3.30. The van der Waals surface area contributed by atoms with Crippen LogP contribution in [0.15, 0.2) is 91.3 Å². The van der Waals surface area contributed by atoms with Gasteiger partial charge in [-0.05, 0) is 53.7 Å². The average molecular weight is 669 g/mol. The van der Waals surface area contributed by atoms with Crippen molar-refractivity contribution in [1.82, 2.24) is 25.9 Å². The number of nitrogens with two attached hydrogens (primary N) is 1. The van der Waals surface area contributed by atoms with Crippen LogP contribution in [0.3, 0.4) is 0 Å². The van der Waals surface area contributed by atoms with E-state index in [1.54, 1.807) is 30.5 Å². The number of para-hydroxylation sites is 2. The second-order valence-electron chi connectivity index (χ2n) is 11.7. The third kappa shape index (κ3) is 8.64. The maximum atomic E-state index is 13.8. The Morgan fingerprint density at radius 3 is 1.81 bits per heavy atom. The number of nitrogens with one attached hydrogen (secondary N) is 5. The van der Waals surface area contributed by atoms with Crippen LogP contribution in [0.5, 0.6) is 0 Å². The summed E-state index contributed by atoms with van der Waals surface area (Å²) < 4.78 is 0. The summed E-state index contributed by atoms with van der Waals surface area (Å²) in [5, 5.41) is 20.1. The maximum absolute atomic E-state index is 13.8. The fourth-order valence-electron chi connectivity index (χ4n) is 5.74. The lowest BCUT2D eigenvalue weighted by molar-refractivity contribution is -0.142. The summed E-state index contributed by atoms with van der Waals surface area (Å²) in [6.07, 6.45) is 6.20. The van der Waals surface area contributed by atoms with Crippen molar-refractivity contribution in [2.45, 2.75) is 49.9 Å². The zero-order valence-electron chi connectivity index (χ0n) is 26.6. The van der Waals surface area contributed by atoms with E-state index >= 15 is 0 Å². The third-order valence-corrected chi connectivity index (χ3v) is 8.97. The molecule has 2 aromatic heterocycles. The Labute approximate surface area is 282 Å². The molecule has 5 rings (SSSR count). The molecule has 0 aliphatic rings. The highest BCUT2D eigenvalue weighted by Crippen LogP contribution is 2.21. The quantitative estimate of drug-likeness (QED) is 0.0842. The van der Waals surface area contributed by atoms with Gasteiger partial charge in [-0.2, -0.15) is 11.8 Å². The smallest absolute Gasteiger partial charge is 0.326 e. The Balaban J connectivity index is 1.33. The molecule has 0 aliphatic carbocycles. The number of H-pyrrole nitrogens is 2. The van der Waals surface area contributed by atoms with Gasteiger partial charge in [-0.25, -0.2) is 4.79 Å². The number of aromatic amines is 2. The van der Waals surface area contributed by atoms with Crippen molar-refractivity contribution in [3.8, 4) is 0 Å². The topological polar surface area (TPSA) is 182 Å². The number of fused-ring (bicyclic) bond motifs is 2. The van der Waals surface area contributed by atoms with Crippen LogP contribution in [-0.4, -0.2) is 74.9 Å². The molecule has 250 valence electrons. The minimum Gasteiger partial charge on any atom is -0.480 e. The number of aliphatic carboxylic acids is 1. The summed E-state index contributed by atoms with van der Waals surface area (Å²) >= 11 is 1.52. The van der Waals surface area contributed by atoms with E-state index in [0.717, 1.165) is 38.5 Å². The minimum absolute atomic E-state index is 0.0659. The van der Waals surface area contributed by atoms with Gasteiger partial charge >= 0.3 is 5.97 Å². The highest BCUT2D eigenvalue weighted by atomic mass is 32.2. The van der Waals surface area contributed by atoms with Crippen molar-refractivity contribution in [1.29, 1.82) is 0 Å². The van der Waals surface area contributed by atoms with E-state index in [2.05, 4.69) is 25.9 Å². The van der Waals surface area contributed by atoms with Crippen molar-refractivity contribution in [3.05, 3.63) is 108 Å². The molecule has 12 heteroatoms. The van der Waals surface area contributed by atoms with Crippen LogP contribution in [0, 0.1) is 0 Å². The molecule has 11 nitrogen and oxygen atoms in total. The number of carbonyl (C=O) groups is 4. The Bertz CT molecular complexity index is 1870. The molecule has 0 radical (unpaired) electrons. The molecule has 0 saturated heterocycles. The summed E-state index contributed by atoms with van der Waals surface area (Å²) in [4.78, 5) is 59.5. The second kappa shape index (κ2) is 16.2. The van der Waals surface area contributed by atoms with E-state index in [1.807, 2.05) is 67.0 Å². The molecule has 0 aliphatic heterocycles. The van der Waals surface area contributed by atoms with E-state index in [0.29, 0.717) is 12.2 Å². The van der Waals surface area contributed by atoms with Crippen LogP contribution < -0.4 is 21.7 Å². The van der Waals surface area contributed by atoms with Gasteiger partial charge in [0.05, 0.1) is 6.04 Å². The summed E-state index contributed by atoms with van der Waals surface area (Å²) in [5.41, 5.74) is 10.5. The lowest BCUT2D eigenvalue weighted by atomic mass is 10.0. The molecule has 3 aromatic carbocycles. The highest BCUT2D eigenvalue weighted by Gasteiger charge is 2.31. The molecule has 48 heavy (non-hydrogen) atoms. The lowest BCUT2D eigenvalue weighted by Crippen LogP contribution is -2.58. The first-order valence-corrected chi connectivity index (χ1v) is 17.1. The Morgan fingerprint density at radius 1 is 0.688 bits per heavy atom. The van der Waals surface area contributed by atoms with Crippen molar-refractivity contribution in [3.63, 3.8) is 0 Å². The second-order valence-corrected chi connectivity index (χ2v) is 12.7. The van der Waals surface area contributed by atoms with Gasteiger partial charge in [0.15, 0.2) is 0 Å². The summed E-state index contributed by atoms with van der Waals surface area (Å²) in [6, 6.07) is 20.0. The Hall–Kier alpha value is -5.07. The Kier molecular flexibility index (Phi) is 11.5. The number of carboxylic acids is 1. The minimum atomic E-state index is -1.23. The van der Waals surface area contributed by atoms with Crippen LogP contribution in [0.4, 0.5) is 0 Å². The van der Waals surface area contributed by atoms with Crippen LogP contribution in [0.2, 0.25) is 0 Å². The number of hydrogen-bond donors (Lipinski definition) is 7. The normalized spacial score (nSPS) is 13.8. The number of amides is 3. The van der Waals surface area contributed by atoms with Crippen molar-refractivity contribution in [2.75, 3.05) is 12.0 Å². The number of benzene rings is 3. The lowest BCUT2D eigenvalue weighted by Gasteiger charge is -2.25. The number of aromatic nitrogens is 2. The van der Waals surface area contributed by atoms with Gasteiger partial charge in [-0.15, -0.1) is 0 Å². The van der Waals surface area contributed by atoms with Gasteiger partial charge in [0.1, 0.15) is 18.1 Å². The monoisotopic (exact) mass is 668 g/mol. The third-order valence-electron chi connectivity index (χ3n) is 8.32. The molecule has 0 fully saturated rings. The van der Waals surface area contributed by atoms with Crippen molar-refractivity contribution in [2.24, 2.45) is 5.73 Å². The van der Waals surface area contributed by atoms with Gasteiger partial charge in [-0.3, -0.25) is 14.4 Å². The van der Waals surface area contributed by atoms with Crippen LogP contribution in [-0.2, 0) is 38.4 Å². The molecule has 0 saturated carbocycles. The van der Waals surface area contributed by atoms with E-state index in [4.69, 9.17) is 5.73 Å². The van der Waals surface area contributed by atoms with Gasteiger partial charge in [0.25, 0.3) is 0 Å². The number of hydrogen-bond acceptors (Lipinski definition) is 6. The van der Waals surface area contributed by atoms with Crippen LogP contribution >= 0.6 is 11.8 Å². The van der Waals surface area contributed by atoms with Gasteiger partial charge in [0, 0.05) is 47.0 Å². The zero-order valence-corrected chi connectivity index (χ0v) is 27.4. The number of carboxylic acid groups (broad SMARTS) is 1. The van der Waals surface area contributed by atoms with E-state index in [-0.39, 0.29) is 19.3 Å². The number of carbonyl (C=O) groups excluding carboxylic acids is 3. The molecule has 5 aromatic rings. The van der Waals surface area contributed by atoms with E-state index < -0.39 is 47.9 Å². The van der Waals surface area contributed by atoms with E-state index in [1.165, 1.54) is 11.8 Å². The Morgan fingerprint density at radius 2 is 1.21 bits per heavy atom. The van der Waals surface area contributed by atoms with Gasteiger partial charge in [-0.1, -0.05) is 66.7 Å². The molecule has 8 N–H and O–H groups in total. The molecule has 0 bridgehead atoms. The molecule has 4 unspecified atom stereocenters. The average Bonchev–Trinajstić information content (AvgIpc) is 3.70. The number of rotatable bonds is 16. The van der Waals surface area contributed by atoms with Crippen molar-refractivity contribution >= 4 is 57.3 Å². The molecular weight excluding hydrogens is 629 g/mol. The first-order chi connectivity index (χ1) is 23.2. The molecule has 2 heterocycles. The molecule has 3 amide bonds. The first kappa shape index (κ1) is 34.3. The van der Waals surface area contributed by atoms with Crippen LogP contribution in [0.25, 0.3) is 21.8 Å². The fourth-order valence-corrected chi connectivity index (χ4v) is 6.21. The zero-order chi connectivity index (χ0) is 34.0. The van der Waals surface area contributed by atoms with Gasteiger partial charge < -0.3 is 36.8 Å². The standard InChI is InChI=1S/C36H40N6O5S/c1-48-16-15-30(40-33(43)27(37)18-23-20-38-28-13-7-5-11-25(23)28)34(44)41-31(19-24-21-39-29-14-8-6-12-26(24)29)35(45)42-32(36(46)47)17-22-9-3-2-4-10-22/h2-14,20-21,27,30-32,38-39H,15-19,37H2,1H3,(H,40,43)(H,41,44)(H,42,45)(H,46,47). The molecule has 4 atom stereocenters. The largest absolute Gasteiger partial charge is 0.480 e. The first-order valence-electron chi connectivity index (χ1n) is 15.8. The molecular formula is C36H40N6O5S. The maximum Gasteiger partial charge on any atom is 0.326 e. The van der Waals surface area contributed by atoms with Crippen LogP contribution in [0.1, 0.15) is 23.1 Å². The van der Waals surface area contributed by atoms with Crippen molar-refractivity contribution < 1.29 is 24.3 Å². The van der Waals surface area contributed by atoms with Gasteiger partial charge in [0.2, 0.25) is 17.7 Å².